The highest BCUT2D eigenvalue weighted by molar-refractivity contribution is 7.92. The number of hydrazine groups is 3. The van der Waals surface area contributed by atoms with Gasteiger partial charge in [0.25, 0.3) is 0 Å². The van der Waals surface area contributed by atoms with Gasteiger partial charge in [-0.25, -0.2) is 42.5 Å². The van der Waals surface area contributed by atoms with E-state index in [1.807, 2.05) is 6.07 Å². The lowest BCUT2D eigenvalue weighted by Crippen LogP contribution is -2.47. The molecule has 12 N–H and O–H groups in total. The number of primary sulfonamides is 1. The first-order valence-electron chi connectivity index (χ1n) is 10.9. The van der Waals surface area contributed by atoms with Crippen molar-refractivity contribution >= 4 is 36.8 Å². The zero-order chi connectivity index (χ0) is 25.7. The number of benzene rings is 2. The second-order valence-corrected chi connectivity index (χ2v) is 11.7. The lowest BCUT2D eigenvalue weighted by molar-refractivity contribution is 0.525. The number of aromatic nitrogens is 1. The molecule has 0 amide bonds. The van der Waals surface area contributed by atoms with E-state index in [2.05, 4.69) is 36.9 Å². The molecule has 16 heteroatoms. The van der Waals surface area contributed by atoms with E-state index >= 15 is 0 Å². The van der Waals surface area contributed by atoms with Crippen molar-refractivity contribution in [2.45, 2.75) is 28.0 Å². The summed E-state index contributed by atoms with van der Waals surface area (Å²) >= 11 is 0. The van der Waals surface area contributed by atoms with Gasteiger partial charge in [-0.05, 0) is 23.8 Å². The molecule has 1 aromatic heterocycles. The van der Waals surface area contributed by atoms with E-state index in [9.17, 15) is 16.8 Å². The van der Waals surface area contributed by atoms with Crippen molar-refractivity contribution in [1.82, 2.24) is 36.9 Å². The molecule has 2 saturated heterocycles. The Morgan fingerprint density at radius 1 is 0.944 bits per heavy atom. The van der Waals surface area contributed by atoms with Crippen LogP contribution in [-0.2, 0) is 20.0 Å². The summed E-state index contributed by atoms with van der Waals surface area (Å²) < 4.78 is 55.4. The molecule has 0 unspecified atom stereocenters. The number of hydrogen-bond donors (Lipinski definition) is 9. The maximum atomic E-state index is 13.5. The first-order chi connectivity index (χ1) is 17.1. The van der Waals surface area contributed by atoms with Crippen LogP contribution in [0.2, 0.25) is 0 Å². The van der Waals surface area contributed by atoms with Crippen LogP contribution in [0.15, 0.2) is 52.3 Å². The van der Waals surface area contributed by atoms with E-state index < -0.39 is 48.1 Å². The van der Waals surface area contributed by atoms with Gasteiger partial charge >= 0.3 is 0 Å². The third-order valence-corrected chi connectivity index (χ3v) is 8.79. The second kappa shape index (κ2) is 9.27. The van der Waals surface area contributed by atoms with E-state index in [1.165, 1.54) is 12.1 Å². The van der Waals surface area contributed by atoms with Crippen molar-refractivity contribution in [1.29, 1.82) is 0 Å². The molecule has 2 aliphatic rings. The van der Waals surface area contributed by atoms with Crippen LogP contribution < -0.4 is 48.6 Å². The maximum Gasteiger partial charge on any atom is 0.242 e. The molecule has 2 fully saturated rings. The Morgan fingerprint density at radius 3 is 2.36 bits per heavy atom. The van der Waals surface area contributed by atoms with Crippen LogP contribution in [0.3, 0.4) is 0 Å². The topological polar surface area (TPSA) is 231 Å². The second-order valence-electron chi connectivity index (χ2n) is 8.53. The minimum absolute atomic E-state index is 0.0726. The molecular weight excluding hydrogens is 508 g/mol. The summed E-state index contributed by atoms with van der Waals surface area (Å²) in [4.78, 5) is 3.37. The van der Waals surface area contributed by atoms with E-state index in [-0.39, 0.29) is 11.4 Å². The fraction of sp³-hybridized carbons (Fsp3) is 0.250. The van der Waals surface area contributed by atoms with Gasteiger partial charge in [-0.2, -0.15) is 11.1 Å². The van der Waals surface area contributed by atoms with Crippen molar-refractivity contribution in [2.24, 2.45) is 10.9 Å². The van der Waals surface area contributed by atoms with Crippen molar-refractivity contribution in [3.05, 3.63) is 48.0 Å². The molecule has 0 saturated carbocycles. The average Bonchev–Trinajstić information content (AvgIpc) is 3.49. The molecular formula is C20H26N10O4S2. The number of nitrogens with two attached hydrogens (primary N) is 3. The molecule has 2 aliphatic heterocycles. The van der Waals surface area contributed by atoms with Crippen molar-refractivity contribution < 1.29 is 16.8 Å². The third kappa shape index (κ3) is 4.55. The molecule has 192 valence electrons. The summed E-state index contributed by atoms with van der Waals surface area (Å²) in [7, 11) is -8.92. The van der Waals surface area contributed by atoms with Crippen LogP contribution in [0.5, 0.6) is 0 Å². The van der Waals surface area contributed by atoms with Crippen LogP contribution in [0.4, 0.5) is 5.82 Å². The van der Waals surface area contributed by atoms with Gasteiger partial charge in [0.05, 0.1) is 11.6 Å². The number of rotatable bonds is 6. The highest BCUT2D eigenvalue weighted by atomic mass is 32.2. The quantitative estimate of drug-likeness (QED) is 0.164. The summed E-state index contributed by atoms with van der Waals surface area (Å²) in [6, 6.07) is 10.4. The molecule has 0 aliphatic carbocycles. The molecule has 2 aromatic carbocycles. The Bertz CT molecular complexity index is 1540. The summed E-state index contributed by atoms with van der Waals surface area (Å²) in [6.45, 7) is 0.725. The molecule has 0 spiro atoms. The summed E-state index contributed by atoms with van der Waals surface area (Å²) in [5.41, 5.74) is 24.3. The van der Waals surface area contributed by atoms with Crippen LogP contribution in [-0.4, -0.2) is 47.0 Å². The molecule has 0 bridgehead atoms. The number of fused-ring (bicyclic) bond motifs is 1. The van der Waals surface area contributed by atoms with Gasteiger partial charge < -0.3 is 16.8 Å². The van der Waals surface area contributed by atoms with Crippen LogP contribution >= 0.6 is 0 Å². The molecule has 0 radical (unpaired) electrons. The van der Waals surface area contributed by atoms with Gasteiger partial charge in [0.2, 0.25) is 20.0 Å². The number of nitrogens with zero attached hydrogens (tertiary/aromatic N) is 1. The Hall–Kier alpha value is -2.77. The van der Waals surface area contributed by atoms with Gasteiger partial charge in [0.15, 0.2) is 0 Å². The van der Waals surface area contributed by atoms with Crippen LogP contribution in [0.25, 0.3) is 22.0 Å². The number of sulfonamides is 2. The number of pyridine rings is 1. The molecule has 3 aromatic rings. The summed E-state index contributed by atoms with van der Waals surface area (Å²) in [5.74, 6) is 0.272. The van der Waals surface area contributed by atoms with Gasteiger partial charge in [-0.3, -0.25) is 0 Å². The molecule has 5 rings (SSSR count). The molecule has 14 nitrogen and oxygen atoms in total. The minimum Gasteiger partial charge on any atom is -0.384 e. The minimum atomic E-state index is -4.57. The predicted octanol–water partition coefficient (Wildman–Crippen LogP) is -2.18. The summed E-state index contributed by atoms with van der Waals surface area (Å²) in [5, 5.41) is 9.41. The van der Waals surface area contributed by atoms with Gasteiger partial charge in [0, 0.05) is 35.6 Å². The van der Waals surface area contributed by atoms with Crippen molar-refractivity contribution in [2.75, 3.05) is 18.8 Å². The SMILES string of the molecule is Nc1ccc2cccc(-c3ccc(S(=O)(=O)N[C@H]4CNC[C@H]4N)c(S(N)(=O)=O)c3C3NNNN3)c2n1. The lowest BCUT2D eigenvalue weighted by Gasteiger charge is -2.23. The number of hydrogen-bond acceptors (Lipinski definition) is 12. The van der Waals surface area contributed by atoms with Crippen molar-refractivity contribution in [3.8, 4) is 11.1 Å². The maximum absolute atomic E-state index is 13.5. The lowest BCUT2D eigenvalue weighted by atomic mass is 9.95. The fourth-order valence-electron chi connectivity index (χ4n) is 4.47. The average molecular weight is 535 g/mol. The molecule has 36 heavy (non-hydrogen) atoms. The highest BCUT2D eigenvalue weighted by Crippen LogP contribution is 2.39. The first kappa shape index (κ1) is 24.9. The monoisotopic (exact) mass is 534 g/mol. The summed E-state index contributed by atoms with van der Waals surface area (Å²) in [6.07, 6.45) is -0.893. The van der Waals surface area contributed by atoms with E-state index in [0.717, 1.165) is 5.39 Å². The first-order valence-corrected chi connectivity index (χ1v) is 13.9. The number of nitrogens with one attached hydrogen (secondary N) is 6. The Labute approximate surface area is 207 Å². The third-order valence-electron chi connectivity index (χ3n) is 6.12. The number of anilines is 1. The standard InChI is InChI=1S/C20H26N10O4S2/c21-13-8-24-9-14(13)28-36(33,34)15-6-5-11(12-3-1-2-10-4-7-16(22)25-18(10)12)17(19(15)35(23,31)32)20-26-29-30-27-20/h1-7,13-14,20,24,26-30H,8-9,21H2,(H2,22,25)(H2,23,31,32)/t13-,14+/m1/s1. The van der Waals surface area contributed by atoms with Crippen LogP contribution in [0.1, 0.15) is 11.7 Å². The zero-order valence-corrected chi connectivity index (χ0v) is 20.4. The number of para-hydroxylation sites is 1. The fourth-order valence-corrected chi connectivity index (χ4v) is 7.42. The number of nitrogen functional groups attached to an aromatic ring is 1. The Kier molecular flexibility index (Phi) is 6.41. The van der Waals surface area contributed by atoms with E-state index in [0.29, 0.717) is 29.7 Å². The van der Waals surface area contributed by atoms with E-state index in [1.54, 1.807) is 24.3 Å². The van der Waals surface area contributed by atoms with Gasteiger partial charge in [-0.1, -0.05) is 24.3 Å². The normalized spacial score (nSPS) is 21.4. The zero-order valence-electron chi connectivity index (χ0n) is 18.8. The van der Waals surface area contributed by atoms with Crippen LogP contribution in [0, 0.1) is 0 Å². The van der Waals surface area contributed by atoms with Gasteiger partial charge in [0.1, 0.15) is 21.8 Å². The van der Waals surface area contributed by atoms with E-state index in [4.69, 9.17) is 16.6 Å². The van der Waals surface area contributed by atoms with Crippen molar-refractivity contribution in [3.63, 3.8) is 0 Å². The largest absolute Gasteiger partial charge is 0.384 e. The molecule has 2 atom stereocenters. The molecule has 3 heterocycles. The Morgan fingerprint density at radius 2 is 1.69 bits per heavy atom. The highest BCUT2D eigenvalue weighted by Gasteiger charge is 2.36. The Balaban J connectivity index is 1.79. The predicted molar refractivity (Wildman–Crippen MR) is 133 cm³/mol. The van der Waals surface area contributed by atoms with Gasteiger partial charge in [-0.15, -0.1) is 0 Å². The smallest absolute Gasteiger partial charge is 0.242 e.